The van der Waals surface area contributed by atoms with Gasteiger partial charge < -0.3 is 4.90 Å². The van der Waals surface area contributed by atoms with Crippen LogP contribution in [0.5, 0.6) is 0 Å². The minimum atomic E-state index is -0.273. The summed E-state index contributed by atoms with van der Waals surface area (Å²) in [4.78, 5) is 14.4. The number of benzene rings is 2. The highest BCUT2D eigenvalue weighted by atomic mass is 19.1. The summed E-state index contributed by atoms with van der Waals surface area (Å²) in [6, 6.07) is 13.2. The van der Waals surface area contributed by atoms with E-state index in [1.807, 2.05) is 17.0 Å². The van der Waals surface area contributed by atoms with Gasteiger partial charge in [0.1, 0.15) is 11.6 Å². The zero-order chi connectivity index (χ0) is 16.9. The van der Waals surface area contributed by atoms with Crippen LogP contribution in [-0.4, -0.2) is 23.4 Å². The van der Waals surface area contributed by atoms with Gasteiger partial charge in [-0.05, 0) is 61.1 Å². The van der Waals surface area contributed by atoms with Crippen LogP contribution < -0.4 is 0 Å². The van der Waals surface area contributed by atoms with Crippen LogP contribution in [0.1, 0.15) is 30.4 Å². The summed E-state index contributed by atoms with van der Waals surface area (Å²) in [6.07, 6.45) is 3.65. The molecule has 1 aliphatic rings. The van der Waals surface area contributed by atoms with E-state index in [1.54, 1.807) is 12.1 Å². The van der Waals surface area contributed by atoms with Gasteiger partial charge in [-0.1, -0.05) is 24.3 Å². The van der Waals surface area contributed by atoms with Crippen LogP contribution in [0.15, 0.2) is 48.5 Å². The van der Waals surface area contributed by atoms with Gasteiger partial charge in [-0.2, -0.15) is 0 Å². The number of hydrogen-bond acceptors (Lipinski definition) is 1. The van der Waals surface area contributed by atoms with Crippen molar-refractivity contribution in [2.75, 3.05) is 6.54 Å². The Balaban J connectivity index is 1.55. The molecule has 0 aromatic heterocycles. The molecule has 0 unspecified atom stereocenters. The molecule has 0 saturated heterocycles. The summed E-state index contributed by atoms with van der Waals surface area (Å²) < 4.78 is 26.5. The van der Waals surface area contributed by atoms with Crippen LogP contribution in [0.4, 0.5) is 8.78 Å². The quantitative estimate of drug-likeness (QED) is 0.748. The van der Waals surface area contributed by atoms with Crippen LogP contribution in [0.2, 0.25) is 0 Å². The molecule has 24 heavy (non-hydrogen) atoms. The van der Waals surface area contributed by atoms with Gasteiger partial charge in [-0.25, -0.2) is 8.78 Å². The van der Waals surface area contributed by atoms with Crippen molar-refractivity contribution in [2.45, 2.75) is 38.1 Å². The normalized spacial score (nSPS) is 13.8. The Morgan fingerprint density at radius 3 is 2.08 bits per heavy atom. The second-order valence-electron chi connectivity index (χ2n) is 6.33. The van der Waals surface area contributed by atoms with Crippen molar-refractivity contribution in [1.82, 2.24) is 4.90 Å². The Hall–Kier alpha value is -2.23. The van der Waals surface area contributed by atoms with Gasteiger partial charge in [0.2, 0.25) is 5.91 Å². The molecule has 2 aromatic rings. The van der Waals surface area contributed by atoms with Gasteiger partial charge in [-0.3, -0.25) is 4.79 Å². The molecule has 1 fully saturated rings. The molecule has 2 aromatic carbocycles. The van der Waals surface area contributed by atoms with Gasteiger partial charge in [-0.15, -0.1) is 0 Å². The molecule has 0 N–H and O–H groups in total. The van der Waals surface area contributed by atoms with Crippen LogP contribution in [0.25, 0.3) is 0 Å². The monoisotopic (exact) mass is 329 g/mol. The van der Waals surface area contributed by atoms with Gasteiger partial charge in [0.25, 0.3) is 0 Å². The number of aryl methyl sites for hydroxylation is 1. The fourth-order valence-corrected chi connectivity index (χ4v) is 2.93. The number of nitrogens with zero attached hydrogens (tertiary/aromatic N) is 1. The molecule has 1 saturated carbocycles. The molecule has 0 heterocycles. The Morgan fingerprint density at radius 2 is 1.54 bits per heavy atom. The van der Waals surface area contributed by atoms with E-state index in [0.29, 0.717) is 31.8 Å². The lowest BCUT2D eigenvalue weighted by Crippen LogP contribution is -2.35. The van der Waals surface area contributed by atoms with Crippen molar-refractivity contribution >= 4 is 5.91 Å². The van der Waals surface area contributed by atoms with Crippen molar-refractivity contribution in [3.8, 4) is 0 Å². The first-order chi connectivity index (χ1) is 11.6. The van der Waals surface area contributed by atoms with Crippen LogP contribution >= 0.6 is 0 Å². The molecule has 0 spiro atoms. The molecule has 0 bridgehead atoms. The lowest BCUT2D eigenvalue weighted by molar-refractivity contribution is -0.131. The highest BCUT2D eigenvalue weighted by Gasteiger charge is 2.31. The largest absolute Gasteiger partial charge is 0.339 e. The first-order valence-electron chi connectivity index (χ1n) is 8.40. The molecule has 1 aliphatic carbocycles. The van der Waals surface area contributed by atoms with Crippen molar-refractivity contribution < 1.29 is 13.6 Å². The predicted octanol–water partition coefficient (Wildman–Crippen LogP) is 4.13. The van der Waals surface area contributed by atoms with Gasteiger partial charge >= 0.3 is 0 Å². The number of hydrogen-bond donors (Lipinski definition) is 0. The zero-order valence-electron chi connectivity index (χ0n) is 13.6. The van der Waals surface area contributed by atoms with E-state index in [2.05, 4.69) is 0 Å². The van der Waals surface area contributed by atoms with Crippen molar-refractivity contribution in [3.63, 3.8) is 0 Å². The molecule has 2 nitrogen and oxygen atoms in total. The number of halogens is 2. The zero-order valence-corrected chi connectivity index (χ0v) is 13.6. The first-order valence-corrected chi connectivity index (χ1v) is 8.40. The Labute approximate surface area is 141 Å². The third-order valence-corrected chi connectivity index (χ3v) is 4.35. The Kier molecular flexibility index (Phi) is 5.24. The van der Waals surface area contributed by atoms with E-state index in [1.165, 1.54) is 24.3 Å². The topological polar surface area (TPSA) is 20.3 Å². The minimum Gasteiger partial charge on any atom is -0.339 e. The standard InChI is InChI=1S/C20H21F2NO/c21-17-5-1-3-15(13-17)7-10-20(24)23(19-8-9-19)12-11-16-4-2-6-18(22)14-16/h1-6,13-14,19H,7-12H2. The lowest BCUT2D eigenvalue weighted by Gasteiger charge is -2.22. The lowest BCUT2D eigenvalue weighted by atomic mass is 10.1. The smallest absolute Gasteiger partial charge is 0.223 e. The van der Waals surface area contributed by atoms with E-state index in [-0.39, 0.29) is 17.5 Å². The summed E-state index contributed by atoms with van der Waals surface area (Å²) in [5, 5.41) is 0. The predicted molar refractivity (Wildman–Crippen MR) is 89.6 cm³/mol. The molecule has 3 rings (SSSR count). The second kappa shape index (κ2) is 7.56. The van der Waals surface area contributed by atoms with E-state index in [9.17, 15) is 13.6 Å². The van der Waals surface area contributed by atoms with Crippen molar-refractivity contribution in [1.29, 1.82) is 0 Å². The summed E-state index contributed by atoms with van der Waals surface area (Å²) in [5.74, 6) is -0.425. The summed E-state index contributed by atoms with van der Waals surface area (Å²) >= 11 is 0. The molecule has 126 valence electrons. The molecular weight excluding hydrogens is 308 g/mol. The second-order valence-corrected chi connectivity index (χ2v) is 6.33. The number of rotatable bonds is 7. The molecular formula is C20H21F2NO. The number of carbonyl (C=O) groups is 1. The van der Waals surface area contributed by atoms with E-state index >= 15 is 0 Å². The molecule has 1 amide bonds. The molecule has 0 radical (unpaired) electrons. The fraction of sp³-hybridized carbons (Fsp3) is 0.350. The third-order valence-electron chi connectivity index (χ3n) is 4.35. The van der Waals surface area contributed by atoms with Crippen molar-refractivity contribution in [3.05, 3.63) is 71.3 Å². The summed E-state index contributed by atoms with van der Waals surface area (Å²) in [5.41, 5.74) is 1.74. The average molecular weight is 329 g/mol. The fourth-order valence-electron chi connectivity index (χ4n) is 2.93. The molecule has 4 heteroatoms. The Morgan fingerprint density at radius 1 is 0.958 bits per heavy atom. The van der Waals surface area contributed by atoms with Crippen LogP contribution in [0.3, 0.4) is 0 Å². The maximum absolute atomic E-state index is 13.3. The van der Waals surface area contributed by atoms with Crippen LogP contribution in [-0.2, 0) is 17.6 Å². The number of carbonyl (C=O) groups excluding carboxylic acids is 1. The van der Waals surface area contributed by atoms with E-state index < -0.39 is 0 Å². The summed E-state index contributed by atoms with van der Waals surface area (Å²) in [6.45, 7) is 0.607. The molecule has 0 aliphatic heterocycles. The van der Waals surface area contributed by atoms with Crippen LogP contribution in [0, 0.1) is 11.6 Å². The van der Waals surface area contributed by atoms with Crippen molar-refractivity contribution in [2.24, 2.45) is 0 Å². The van der Waals surface area contributed by atoms with Gasteiger partial charge in [0.05, 0.1) is 0 Å². The highest BCUT2D eigenvalue weighted by molar-refractivity contribution is 5.77. The van der Waals surface area contributed by atoms with E-state index in [0.717, 1.165) is 24.0 Å². The SMILES string of the molecule is O=C(CCc1cccc(F)c1)N(CCc1cccc(F)c1)C1CC1. The maximum atomic E-state index is 13.3. The highest BCUT2D eigenvalue weighted by Crippen LogP contribution is 2.28. The van der Waals surface area contributed by atoms with Gasteiger partial charge in [0.15, 0.2) is 0 Å². The molecule has 0 atom stereocenters. The first kappa shape index (κ1) is 16.6. The maximum Gasteiger partial charge on any atom is 0.223 e. The van der Waals surface area contributed by atoms with Gasteiger partial charge in [0, 0.05) is 19.0 Å². The minimum absolute atomic E-state index is 0.0955. The summed E-state index contributed by atoms with van der Waals surface area (Å²) in [7, 11) is 0. The number of amides is 1. The van der Waals surface area contributed by atoms with E-state index in [4.69, 9.17) is 0 Å². The third kappa shape index (κ3) is 4.63. The Bertz CT molecular complexity index is 712. The average Bonchev–Trinajstić information content (AvgIpc) is 3.38.